The van der Waals surface area contributed by atoms with Crippen LogP contribution in [0.3, 0.4) is 0 Å². The van der Waals surface area contributed by atoms with Crippen LogP contribution in [0.1, 0.15) is 22.5 Å². The maximum absolute atomic E-state index is 13.1. The maximum Gasteiger partial charge on any atom is 0.243 e. The summed E-state index contributed by atoms with van der Waals surface area (Å²) in [6.07, 6.45) is 0. The fraction of sp³-hybridized carbons (Fsp3) is 0.423. The Morgan fingerprint density at radius 2 is 1.68 bits per heavy atom. The molecule has 38 heavy (non-hydrogen) atoms. The third-order valence-electron chi connectivity index (χ3n) is 6.05. The number of carbonyl (C=O) groups excluding carboxylic acids is 2. The number of rotatable bonds is 11. The van der Waals surface area contributed by atoms with E-state index in [0.29, 0.717) is 30.0 Å². The van der Waals surface area contributed by atoms with Gasteiger partial charge in [0.15, 0.2) is 0 Å². The summed E-state index contributed by atoms with van der Waals surface area (Å²) in [4.78, 5) is 36.6. The normalized spacial score (nSPS) is 11.8. The number of amides is 2. The molecule has 0 saturated heterocycles. The first-order valence-electron chi connectivity index (χ1n) is 12.1. The van der Waals surface area contributed by atoms with Crippen molar-refractivity contribution in [3.05, 3.63) is 52.8 Å². The zero-order valence-electron chi connectivity index (χ0n) is 23.0. The largest absolute Gasteiger partial charge is 0.497 e. The highest BCUT2D eigenvalue weighted by molar-refractivity contribution is 7.89. The Hall–Kier alpha value is -3.48. The van der Waals surface area contributed by atoms with Gasteiger partial charge in [-0.05, 0) is 68.9 Å². The molecule has 2 N–H and O–H groups in total. The molecule has 0 aliphatic rings. The summed E-state index contributed by atoms with van der Waals surface area (Å²) >= 11 is 0. The van der Waals surface area contributed by atoms with Crippen LogP contribution in [0.25, 0.3) is 11.0 Å². The molecule has 0 fully saturated rings. The summed E-state index contributed by atoms with van der Waals surface area (Å²) in [5.41, 5.74) is 3.70. The molecule has 11 nitrogen and oxygen atoms in total. The van der Waals surface area contributed by atoms with Crippen molar-refractivity contribution in [1.82, 2.24) is 29.4 Å². The van der Waals surface area contributed by atoms with Gasteiger partial charge in [0.05, 0.1) is 42.7 Å². The molecule has 0 aliphatic heterocycles. The number of hydrogen-bond donors (Lipinski definition) is 2. The Morgan fingerprint density at radius 3 is 2.29 bits per heavy atom. The highest BCUT2D eigenvalue weighted by atomic mass is 32.2. The Kier molecular flexibility index (Phi) is 9.13. The molecule has 3 rings (SSSR count). The lowest BCUT2D eigenvalue weighted by Gasteiger charge is -2.21. The number of imidazole rings is 1. The number of methoxy groups -OCH3 is 1. The molecule has 0 atom stereocenters. The fourth-order valence-electron chi connectivity index (χ4n) is 4.19. The Morgan fingerprint density at radius 1 is 1.03 bits per heavy atom. The van der Waals surface area contributed by atoms with Crippen LogP contribution < -0.4 is 10.1 Å². The van der Waals surface area contributed by atoms with E-state index in [-0.39, 0.29) is 17.3 Å². The number of nitrogens with zero attached hydrogens (tertiary/aromatic N) is 4. The first kappa shape index (κ1) is 29.1. The minimum Gasteiger partial charge on any atom is -0.497 e. The van der Waals surface area contributed by atoms with E-state index in [1.54, 1.807) is 33.0 Å². The number of fused-ring (bicyclic) bond motifs is 1. The summed E-state index contributed by atoms with van der Waals surface area (Å²) in [5.74, 6) is 0.539. The van der Waals surface area contributed by atoms with Crippen molar-refractivity contribution in [2.24, 2.45) is 0 Å². The molecule has 0 spiro atoms. The van der Waals surface area contributed by atoms with Crippen LogP contribution in [0.4, 0.5) is 0 Å². The standard InChI is InChI=1S/C26H36N6O5S/c1-17-10-20(37-7)11-18(2)26(17)38(35,36)32(6)16-24(33)27-13-25(34)31(5)14-19-8-9-21-22(12-19)29-23(28-21)15-30(3)4/h8-12H,13-16H2,1-7H3,(H,27,33)(H,28,29). The van der Waals surface area contributed by atoms with E-state index in [9.17, 15) is 18.0 Å². The van der Waals surface area contributed by atoms with Gasteiger partial charge in [-0.3, -0.25) is 9.59 Å². The molecular formula is C26H36N6O5S. The van der Waals surface area contributed by atoms with Gasteiger partial charge in [0.1, 0.15) is 11.6 Å². The molecule has 0 aliphatic carbocycles. The Bertz CT molecular complexity index is 1410. The number of aromatic amines is 1. The molecule has 0 radical (unpaired) electrons. The van der Waals surface area contributed by atoms with Crippen molar-refractivity contribution in [2.75, 3.05) is 48.4 Å². The van der Waals surface area contributed by atoms with Crippen molar-refractivity contribution < 1.29 is 22.7 Å². The zero-order chi connectivity index (χ0) is 28.2. The van der Waals surface area contributed by atoms with E-state index in [2.05, 4.69) is 15.3 Å². The van der Waals surface area contributed by atoms with Gasteiger partial charge in [-0.2, -0.15) is 4.31 Å². The van der Waals surface area contributed by atoms with Crippen LogP contribution in [0, 0.1) is 13.8 Å². The molecule has 2 aromatic carbocycles. The number of aromatic nitrogens is 2. The average molecular weight is 545 g/mol. The van der Waals surface area contributed by atoms with E-state index in [0.717, 1.165) is 26.7 Å². The van der Waals surface area contributed by atoms with Gasteiger partial charge in [-0.15, -0.1) is 0 Å². The minimum absolute atomic E-state index is 0.132. The number of H-pyrrole nitrogens is 1. The van der Waals surface area contributed by atoms with Crippen LogP contribution in [-0.4, -0.2) is 92.7 Å². The van der Waals surface area contributed by atoms with Crippen molar-refractivity contribution in [1.29, 1.82) is 0 Å². The lowest BCUT2D eigenvalue weighted by Crippen LogP contribution is -2.43. The molecule has 1 aromatic heterocycles. The van der Waals surface area contributed by atoms with Gasteiger partial charge in [0.2, 0.25) is 21.8 Å². The lowest BCUT2D eigenvalue weighted by atomic mass is 10.1. The van der Waals surface area contributed by atoms with Gasteiger partial charge < -0.3 is 24.8 Å². The van der Waals surface area contributed by atoms with Crippen molar-refractivity contribution in [2.45, 2.75) is 31.8 Å². The molecular weight excluding hydrogens is 508 g/mol. The average Bonchev–Trinajstić information content (AvgIpc) is 3.22. The van der Waals surface area contributed by atoms with Gasteiger partial charge in [0, 0.05) is 20.6 Å². The van der Waals surface area contributed by atoms with Gasteiger partial charge in [-0.25, -0.2) is 13.4 Å². The van der Waals surface area contributed by atoms with E-state index < -0.39 is 22.5 Å². The minimum atomic E-state index is -3.93. The van der Waals surface area contributed by atoms with E-state index in [4.69, 9.17) is 4.74 Å². The van der Waals surface area contributed by atoms with Gasteiger partial charge in [-0.1, -0.05) is 6.07 Å². The molecule has 0 bridgehead atoms. The molecule has 12 heteroatoms. The third kappa shape index (κ3) is 6.88. The second kappa shape index (κ2) is 11.9. The second-order valence-corrected chi connectivity index (χ2v) is 11.6. The van der Waals surface area contributed by atoms with E-state index in [1.807, 2.05) is 37.2 Å². The van der Waals surface area contributed by atoms with Crippen LogP contribution in [-0.2, 0) is 32.7 Å². The predicted octanol–water partition coefficient (Wildman–Crippen LogP) is 1.65. The summed E-state index contributed by atoms with van der Waals surface area (Å²) in [6, 6.07) is 9.04. The monoisotopic (exact) mass is 544 g/mol. The van der Waals surface area contributed by atoms with E-state index >= 15 is 0 Å². The number of sulfonamides is 1. The third-order valence-corrected chi connectivity index (χ3v) is 8.16. The SMILES string of the molecule is COc1cc(C)c(S(=O)(=O)N(C)CC(=O)NCC(=O)N(C)Cc2ccc3nc(CN(C)C)[nH]c3c2)c(C)c1. The first-order chi connectivity index (χ1) is 17.8. The summed E-state index contributed by atoms with van der Waals surface area (Å²) in [7, 11) is 4.51. The predicted molar refractivity (Wildman–Crippen MR) is 145 cm³/mol. The molecule has 0 unspecified atom stereocenters. The summed E-state index contributed by atoms with van der Waals surface area (Å²) < 4.78 is 32.4. The van der Waals surface area contributed by atoms with Crippen molar-refractivity contribution in [3.63, 3.8) is 0 Å². The van der Waals surface area contributed by atoms with Crippen LogP contribution in [0.2, 0.25) is 0 Å². The number of aryl methyl sites for hydroxylation is 2. The summed E-state index contributed by atoms with van der Waals surface area (Å²) in [5, 5.41) is 2.53. The molecule has 1 heterocycles. The van der Waals surface area contributed by atoms with Crippen LogP contribution in [0.5, 0.6) is 5.75 Å². The Balaban J connectivity index is 1.56. The lowest BCUT2D eigenvalue weighted by molar-refractivity contribution is -0.132. The highest BCUT2D eigenvalue weighted by Crippen LogP contribution is 2.27. The molecule has 0 saturated carbocycles. The quantitative estimate of drug-likeness (QED) is 0.376. The topological polar surface area (TPSA) is 128 Å². The number of nitrogens with one attached hydrogen (secondary N) is 2. The van der Waals surface area contributed by atoms with Crippen LogP contribution >= 0.6 is 0 Å². The summed E-state index contributed by atoms with van der Waals surface area (Å²) in [6.45, 7) is 3.73. The first-order valence-corrected chi connectivity index (χ1v) is 13.5. The van der Waals surface area contributed by atoms with E-state index in [1.165, 1.54) is 19.1 Å². The Labute approximate surface area is 223 Å². The maximum atomic E-state index is 13.1. The zero-order valence-corrected chi connectivity index (χ0v) is 23.8. The smallest absolute Gasteiger partial charge is 0.243 e. The van der Waals surface area contributed by atoms with Gasteiger partial charge in [0.25, 0.3) is 0 Å². The fourth-order valence-corrected chi connectivity index (χ4v) is 5.72. The second-order valence-electron chi connectivity index (χ2n) is 9.65. The number of benzene rings is 2. The van der Waals surface area contributed by atoms with Gasteiger partial charge >= 0.3 is 0 Å². The van der Waals surface area contributed by atoms with Crippen molar-refractivity contribution in [3.8, 4) is 5.75 Å². The highest BCUT2D eigenvalue weighted by Gasteiger charge is 2.27. The number of ether oxygens (including phenoxy) is 1. The number of hydrogen-bond acceptors (Lipinski definition) is 7. The van der Waals surface area contributed by atoms with Crippen molar-refractivity contribution >= 4 is 32.9 Å². The molecule has 2 amide bonds. The molecule has 206 valence electrons. The molecule has 3 aromatic rings. The number of carbonyl (C=O) groups is 2. The van der Waals surface area contributed by atoms with Crippen LogP contribution in [0.15, 0.2) is 35.2 Å². The number of likely N-dealkylation sites (N-methyl/N-ethyl adjacent to an activating group) is 2.